The minimum absolute atomic E-state index is 0. The number of carbonyl (C=O) groups is 12. The largest absolute Gasteiger partial charge is 0.496 e. The minimum Gasteiger partial charge on any atom is -0.496 e. The summed E-state index contributed by atoms with van der Waals surface area (Å²) in [5.74, 6) is -7.63. The number of hydrogen-bond acceptors (Lipinski definition) is 26. The molecule has 2 aromatic heterocycles. The van der Waals surface area contributed by atoms with E-state index in [-0.39, 0.29) is 177 Å². The number of benzene rings is 4. The predicted molar refractivity (Wildman–Crippen MR) is 478 cm³/mol. The van der Waals surface area contributed by atoms with E-state index in [9.17, 15) is 61.5 Å². The number of ether oxygens (including phenoxy) is 6. The first-order valence-electron chi connectivity index (χ1n) is 43.5. The lowest BCUT2D eigenvalue weighted by atomic mass is 9.43. The van der Waals surface area contributed by atoms with Crippen LogP contribution in [-0.4, -0.2) is 216 Å². The average molecular weight is 1860 g/mol. The van der Waals surface area contributed by atoms with Crippen LogP contribution in [0.15, 0.2) is 102 Å². The smallest absolute Gasteiger partial charge is 0.461 e. The molecule has 4 saturated heterocycles. The number of Topliss-reactive ketones (excluding diaryl/α,β-unsaturated/α-hetero) is 2. The second-order valence-corrected chi connectivity index (χ2v) is 40.3. The van der Waals surface area contributed by atoms with Gasteiger partial charge in [-0.1, -0.05) is 132 Å². The van der Waals surface area contributed by atoms with Gasteiger partial charge in [-0.25, -0.2) is 37.9 Å². The van der Waals surface area contributed by atoms with Gasteiger partial charge in [0.2, 0.25) is 0 Å². The van der Waals surface area contributed by atoms with Crippen molar-refractivity contribution in [2.75, 3.05) is 66.8 Å². The van der Waals surface area contributed by atoms with Crippen molar-refractivity contribution in [1.29, 1.82) is 0 Å². The number of para-hydroxylation sites is 2. The van der Waals surface area contributed by atoms with E-state index < -0.39 is 145 Å². The van der Waals surface area contributed by atoms with Crippen LogP contribution in [0.1, 0.15) is 205 Å². The van der Waals surface area contributed by atoms with Crippen LogP contribution >= 0.6 is 34.3 Å². The monoisotopic (exact) mass is 1850 g/mol. The number of hydrogen-bond donors (Lipinski definition) is 2. The van der Waals surface area contributed by atoms with E-state index >= 15 is 4.79 Å². The highest BCUT2D eigenvalue weighted by Crippen LogP contribution is 2.68. The number of halogens is 3. The van der Waals surface area contributed by atoms with Crippen molar-refractivity contribution in [2.24, 2.45) is 34.5 Å². The Morgan fingerprint density at radius 2 is 0.969 bits per heavy atom. The molecular formula is C93H115B2ClF2N8O22S2. The predicted octanol–water partition coefficient (Wildman–Crippen LogP) is 13.5. The van der Waals surface area contributed by atoms with Gasteiger partial charge in [0, 0.05) is 69.1 Å². The van der Waals surface area contributed by atoms with Crippen LogP contribution in [0.3, 0.4) is 0 Å². The van der Waals surface area contributed by atoms with Crippen LogP contribution in [0, 0.1) is 34.5 Å². The van der Waals surface area contributed by atoms with Gasteiger partial charge in [0.05, 0.1) is 56.2 Å². The zero-order valence-electron chi connectivity index (χ0n) is 75.0. The molecule has 4 aromatic carbocycles. The van der Waals surface area contributed by atoms with Crippen LogP contribution in [-0.2, 0) is 115 Å². The summed E-state index contributed by atoms with van der Waals surface area (Å²) in [5.41, 5.74) is 0.272. The van der Waals surface area contributed by atoms with Crippen molar-refractivity contribution in [3.8, 4) is 11.5 Å². The molecule has 10 aliphatic rings. The highest BCUT2D eigenvalue weighted by atomic mass is 35.5. The number of piperazine rings is 2. The maximum atomic E-state index is 15.1. The van der Waals surface area contributed by atoms with E-state index in [0.29, 0.717) is 37.8 Å². The summed E-state index contributed by atoms with van der Waals surface area (Å²) in [5, 5.41) is 7.32. The number of carbonyl (C=O) groups excluding carboxylic acids is 12. The Kier molecular flexibility index (Phi) is 30.9. The molecule has 8 amide bonds. The van der Waals surface area contributed by atoms with E-state index in [0.717, 1.165) is 69.3 Å². The first-order chi connectivity index (χ1) is 61.1. The fourth-order valence-electron chi connectivity index (χ4n) is 19.4. The number of amides is 8. The van der Waals surface area contributed by atoms with Crippen LogP contribution in [0.4, 0.5) is 18.4 Å². The van der Waals surface area contributed by atoms with Crippen molar-refractivity contribution in [2.45, 2.75) is 226 Å². The Bertz CT molecular complexity index is 5230. The van der Waals surface area contributed by atoms with Gasteiger partial charge in [-0.3, -0.25) is 48.2 Å². The van der Waals surface area contributed by atoms with Gasteiger partial charge in [0.1, 0.15) is 92.5 Å². The SMILES string of the molecule is C.COc1c(C[C@H](CC(=O)C(NC(=O)N2CCN(CCF)C(=O)C2=O)c2csc(CC(=O)OCc3ccccc3)n2)B2O[C@@H]3C[C@@H]4C[C@@H](C4(C)C)[C@]3(C)O2)cccc1C(=O)OC(C)(C)C.COc1c(C[C@H](CC(=O)C(NC(=O)N2CCN(CCF)C(=O)C2=O)c2nc(CC(=O)OCc3ccccc3)sc2Cl)B2O[C@@H]3C[C@@H]4C[C@@H](C4(C)C)[C@]3(C)O2)cccc1C(=O)OC(C)(C)C. The van der Waals surface area contributed by atoms with Crippen molar-refractivity contribution in [3.05, 3.63) is 162 Å². The lowest BCUT2D eigenvalue weighted by Crippen LogP contribution is -2.65. The third-order valence-electron chi connectivity index (χ3n) is 26.3. The van der Waals surface area contributed by atoms with Crippen LogP contribution in [0.5, 0.6) is 11.5 Å². The highest BCUT2D eigenvalue weighted by Gasteiger charge is 2.70. The zero-order chi connectivity index (χ0) is 93.1. The molecule has 0 radical (unpaired) electrons. The summed E-state index contributed by atoms with van der Waals surface area (Å²) in [6, 6.07) is 23.3. The zero-order valence-corrected chi connectivity index (χ0v) is 77.4. The van der Waals surface area contributed by atoms with Crippen molar-refractivity contribution >= 4 is 120 Å². The van der Waals surface area contributed by atoms with Gasteiger partial charge in [0.25, 0.3) is 0 Å². The van der Waals surface area contributed by atoms with E-state index in [1.165, 1.54) is 14.2 Å². The number of methoxy groups -OCH3 is 2. The molecule has 6 aliphatic carbocycles. The summed E-state index contributed by atoms with van der Waals surface area (Å²) in [6.07, 6.45) is 2.19. The molecule has 37 heteroatoms. The molecular weight excluding hydrogens is 1740 g/mol. The standard InChI is InChI=1S/C46H55BClFN4O11S.C46H56BFN4O11S.CH4/c1-44(2,3)62-42(58)30-15-11-14-27(38(30)60-7)20-29(47-63-33-22-28-21-32(45(28,4)5)46(33,6)64-47)23-31(54)36(51-43(59)53-19-18-52(17-16-49)40(56)41(53)57)37-39(48)65-34(50-37)24-35(55)61-25-26-12-9-8-10-13-26;1-44(2,3)61-42(57)31-15-11-14-28(39(31)59-7)20-30(47-62-35-22-29-21-34(45(29,4)5)46(35,6)63-47)23-33(53)38(50-43(58)52-19-18-51(17-16-48)40(55)41(52)56)32-26-64-36(49-32)24-37(54)60-25-27-12-9-8-10-13-27;/h8-15,28-29,32-33,36H,16-25H2,1-7H3,(H,51,59);8-15,26,29-30,34-35,38H,16-25H2,1-7H3,(H,50,58);1H4/t28-,29+,32-,33+,36?,46-;29-,30+,34-,35+,38?,46-;/m00./s1. The lowest BCUT2D eigenvalue weighted by Gasteiger charge is -2.64. The Morgan fingerprint density at radius 3 is 1.38 bits per heavy atom. The number of esters is 4. The number of rotatable bonds is 32. The van der Waals surface area contributed by atoms with E-state index in [2.05, 4.69) is 62.1 Å². The molecule has 2 unspecified atom stereocenters. The highest BCUT2D eigenvalue weighted by molar-refractivity contribution is 7.16. The maximum Gasteiger partial charge on any atom is 0.461 e. The first-order valence-corrected chi connectivity index (χ1v) is 45.6. The van der Waals surface area contributed by atoms with E-state index in [4.69, 9.17) is 58.6 Å². The van der Waals surface area contributed by atoms with Gasteiger partial charge in [-0.2, -0.15) is 0 Å². The molecule has 6 heterocycles. The Hall–Kier alpha value is -10.1. The van der Waals surface area contributed by atoms with Crippen LogP contribution in [0.25, 0.3) is 0 Å². The van der Waals surface area contributed by atoms with E-state index in [1.807, 2.05) is 60.7 Å². The molecule has 2 N–H and O–H groups in total. The summed E-state index contributed by atoms with van der Waals surface area (Å²) in [6.45, 7) is 20.7. The quantitative estimate of drug-likeness (QED) is 0.0171. The number of aromatic nitrogens is 2. The number of nitrogens with one attached hydrogen (secondary N) is 2. The van der Waals surface area contributed by atoms with Crippen LogP contribution < -0.4 is 20.1 Å². The molecule has 4 bridgehead atoms. The van der Waals surface area contributed by atoms with Gasteiger partial charge < -0.3 is 67.5 Å². The normalized spacial score (nSPS) is 23.2. The summed E-state index contributed by atoms with van der Waals surface area (Å²) < 4.78 is 87.7. The fraction of sp³-hybridized carbons (Fsp3) is 0.548. The topological polar surface area (TPSA) is 360 Å². The second kappa shape index (κ2) is 40.5. The summed E-state index contributed by atoms with van der Waals surface area (Å²) >= 11 is 8.81. The molecule has 12 atom stereocenters. The van der Waals surface area contributed by atoms with Gasteiger partial charge >= 0.3 is 73.8 Å². The minimum atomic E-state index is -1.60. The summed E-state index contributed by atoms with van der Waals surface area (Å²) in [4.78, 5) is 175. The number of ketones is 2. The Morgan fingerprint density at radius 1 is 0.554 bits per heavy atom. The first kappa shape index (κ1) is 98.9. The number of thiazole rings is 2. The molecule has 30 nitrogen and oxygen atoms in total. The van der Waals surface area contributed by atoms with Crippen LogP contribution in [0.2, 0.25) is 16.0 Å². The molecule has 16 rings (SSSR count). The Labute approximate surface area is 769 Å². The van der Waals surface area contributed by atoms with Gasteiger partial charge in [0.15, 0.2) is 11.6 Å². The number of urea groups is 2. The molecule has 130 heavy (non-hydrogen) atoms. The molecule has 698 valence electrons. The maximum absolute atomic E-state index is 15.1. The molecule has 6 saturated carbocycles. The van der Waals surface area contributed by atoms with Crippen molar-refractivity contribution in [1.82, 2.24) is 40.2 Å². The second-order valence-electron chi connectivity index (χ2n) is 37.7. The Balaban J connectivity index is 0.000000234. The van der Waals surface area contributed by atoms with Crippen molar-refractivity contribution in [3.63, 3.8) is 0 Å². The molecule has 6 aromatic rings. The third-order valence-corrected chi connectivity index (χ3v) is 28.5. The lowest BCUT2D eigenvalue weighted by molar-refractivity contribution is -0.199. The van der Waals surface area contributed by atoms with Crippen molar-refractivity contribution < 1.29 is 113 Å². The number of alkyl halides is 2. The van der Waals surface area contributed by atoms with Gasteiger partial charge in [-0.05, 0) is 163 Å². The average Bonchev–Trinajstić information content (AvgIpc) is 1.49. The molecule has 10 fully saturated rings. The van der Waals surface area contributed by atoms with E-state index in [1.54, 1.807) is 83.3 Å². The summed E-state index contributed by atoms with van der Waals surface area (Å²) in [7, 11) is 1.06. The third kappa shape index (κ3) is 21.6. The fourth-order valence-corrected chi connectivity index (χ4v) is 21.4. The van der Waals surface area contributed by atoms with Gasteiger partial charge in [-0.15, -0.1) is 22.7 Å². The molecule has 0 spiro atoms. The number of nitrogens with zero attached hydrogens (tertiary/aromatic N) is 6. The molecule has 4 aliphatic heterocycles. The number of imide groups is 2.